The molecular weight excluding hydrogens is 242 g/mol. The van der Waals surface area contributed by atoms with E-state index in [1.54, 1.807) is 10.8 Å². The Balaban J connectivity index is 1.88. The maximum absolute atomic E-state index is 11.7. The van der Waals surface area contributed by atoms with Crippen LogP contribution in [-0.2, 0) is 11.8 Å². The van der Waals surface area contributed by atoms with Gasteiger partial charge in [-0.3, -0.25) is 9.48 Å². The molecule has 1 aliphatic rings. The quantitative estimate of drug-likeness (QED) is 0.777. The van der Waals surface area contributed by atoms with Gasteiger partial charge in [-0.25, -0.2) is 0 Å². The molecule has 0 spiro atoms. The molecule has 19 heavy (non-hydrogen) atoms. The number of hydrogen-bond acceptors (Lipinski definition) is 3. The number of amides is 1. The molecule has 2 rings (SSSR count). The van der Waals surface area contributed by atoms with Crippen molar-refractivity contribution in [3.63, 3.8) is 0 Å². The van der Waals surface area contributed by atoms with Crippen LogP contribution in [-0.4, -0.2) is 33.4 Å². The Labute approximate surface area is 113 Å². The predicted molar refractivity (Wildman–Crippen MR) is 73.5 cm³/mol. The molecule has 1 unspecified atom stereocenters. The molecule has 1 fully saturated rings. The summed E-state index contributed by atoms with van der Waals surface area (Å²) in [5.41, 5.74) is 2.90. The number of rotatable bonds is 5. The van der Waals surface area contributed by atoms with Crippen LogP contribution < -0.4 is 5.32 Å². The summed E-state index contributed by atoms with van der Waals surface area (Å²) in [6.45, 7) is 4.22. The van der Waals surface area contributed by atoms with E-state index in [2.05, 4.69) is 10.4 Å². The molecule has 5 nitrogen and oxygen atoms in total. The Morgan fingerprint density at radius 1 is 1.58 bits per heavy atom. The van der Waals surface area contributed by atoms with E-state index in [0.29, 0.717) is 12.5 Å². The van der Waals surface area contributed by atoms with Crippen LogP contribution in [0.4, 0.5) is 0 Å². The predicted octanol–water partition coefficient (Wildman–Crippen LogP) is 0.937. The third-order valence-electron chi connectivity index (χ3n) is 3.62. The first-order valence-corrected chi connectivity index (χ1v) is 6.63. The number of aromatic nitrogens is 2. The van der Waals surface area contributed by atoms with Crippen LogP contribution >= 0.6 is 0 Å². The van der Waals surface area contributed by atoms with E-state index in [4.69, 9.17) is 0 Å². The minimum Gasteiger partial charge on any atom is -0.391 e. The normalized spacial score (nSPS) is 16.8. The summed E-state index contributed by atoms with van der Waals surface area (Å²) < 4.78 is 1.80. The van der Waals surface area contributed by atoms with Crippen molar-refractivity contribution in [2.45, 2.75) is 32.8 Å². The van der Waals surface area contributed by atoms with Gasteiger partial charge in [0.25, 0.3) is 0 Å². The molecule has 1 aliphatic carbocycles. The van der Waals surface area contributed by atoms with Gasteiger partial charge in [0, 0.05) is 30.9 Å². The molecule has 0 aromatic carbocycles. The molecule has 1 saturated carbocycles. The van der Waals surface area contributed by atoms with Gasteiger partial charge < -0.3 is 10.4 Å². The summed E-state index contributed by atoms with van der Waals surface area (Å²) in [6, 6.07) is 0. The van der Waals surface area contributed by atoms with Crippen LogP contribution in [0, 0.1) is 19.8 Å². The first kappa shape index (κ1) is 13.8. The molecule has 2 N–H and O–H groups in total. The molecule has 1 heterocycles. The Morgan fingerprint density at radius 2 is 2.26 bits per heavy atom. The number of nitrogens with zero attached hydrogens (tertiary/aromatic N) is 2. The molecule has 1 amide bonds. The van der Waals surface area contributed by atoms with E-state index >= 15 is 0 Å². The lowest BCUT2D eigenvalue weighted by Crippen LogP contribution is -2.31. The van der Waals surface area contributed by atoms with E-state index in [1.807, 2.05) is 20.9 Å². The van der Waals surface area contributed by atoms with E-state index in [1.165, 1.54) is 6.08 Å². The molecule has 0 bridgehead atoms. The van der Waals surface area contributed by atoms with Gasteiger partial charge in [0.2, 0.25) is 5.91 Å². The number of nitrogens with one attached hydrogen (secondary N) is 1. The highest BCUT2D eigenvalue weighted by atomic mass is 16.3. The zero-order valence-electron chi connectivity index (χ0n) is 11.7. The molecule has 5 heteroatoms. The monoisotopic (exact) mass is 263 g/mol. The minimum absolute atomic E-state index is 0.178. The van der Waals surface area contributed by atoms with Crippen LogP contribution in [0.25, 0.3) is 6.08 Å². The molecule has 0 radical (unpaired) electrons. The summed E-state index contributed by atoms with van der Waals surface area (Å²) in [5, 5.41) is 16.7. The van der Waals surface area contributed by atoms with Crippen LogP contribution in [0.5, 0.6) is 0 Å². The SMILES string of the molecule is Cc1nn(C)c(C)c1C=CC(=O)NCC(O)C1CC1. The fourth-order valence-electron chi connectivity index (χ4n) is 2.10. The molecule has 1 aromatic heterocycles. The fraction of sp³-hybridized carbons (Fsp3) is 0.571. The van der Waals surface area contributed by atoms with Gasteiger partial charge in [0.05, 0.1) is 11.8 Å². The third-order valence-corrected chi connectivity index (χ3v) is 3.62. The van der Waals surface area contributed by atoms with Crippen molar-refractivity contribution in [3.8, 4) is 0 Å². The average molecular weight is 263 g/mol. The largest absolute Gasteiger partial charge is 0.391 e. The first-order chi connectivity index (χ1) is 8.99. The maximum atomic E-state index is 11.7. The second-order valence-corrected chi connectivity index (χ2v) is 5.19. The second-order valence-electron chi connectivity index (χ2n) is 5.19. The first-order valence-electron chi connectivity index (χ1n) is 6.63. The van der Waals surface area contributed by atoms with Crippen molar-refractivity contribution >= 4 is 12.0 Å². The summed E-state index contributed by atoms with van der Waals surface area (Å²) in [4.78, 5) is 11.7. The van der Waals surface area contributed by atoms with E-state index in [0.717, 1.165) is 29.8 Å². The Kier molecular flexibility index (Phi) is 4.04. The molecule has 104 valence electrons. The number of carbonyl (C=O) groups is 1. The van der Waals surface area contributed by atoms with Crippen molar-refractivity contribution in [2.24, 2.45) is 13.0 Å². The lowest BCUT2D eigenvalue weighted by atomic mass is 10.2. The minimum atomic E-state index is -0.404. The van der Waals surface area contributed by atoms with Gasteiger partial charge in [-0.15, -0.1) is 0 Å². The number of aliphatic hydroxyl groups excluding tert-OH is 1. The molecular formula is C14H21N3O2. The Bertz CT molecular complexity index is 501. The average Bonchev–Trinajstić information content (AvgIpc) is 3.16. The van der Waals surface area contributed by atoms with Crippen molar-refractivity contribution < 1.29 is 9.90 Å². The Morgan fingerprint density at radius 3 is 2.79 bits per heavy atom. The van der Waals surface area contributed by atoms with Gasteiger partial charge >= 0.3 is 0 Å². The summed E-state index contributed by atoms with van der Waals surface area (Å²) in [5.74, 6) is 0.203. The van der Waals surface area contributed by atoms with Gasteiger partial charge in [-0.05, 0) is 38.7 Å². The Hall–Kier alpha value is -1.62. The molecule has 1 atom stereocenters. The highest BCUT2D eigenvalue weighted by Gasteiger charge is 2.29. The van der Waals surface area contributed by atoms with E-state index in [-0.39, 0.29) is 5.91 Å². The summed E-state index contributed by atoms with van der Waals surface area (Å²) >= 11 is 0. The zero-order valence-corrected chi connectivity index (χ0v) is 11.7. The zero-order chi connectivity index (χ0) is 14.0. The van der Waals surface area contributed by atoms with Crippen LogP contribution in [0.3, 0.4) is 0 Å². The van der Waals surface area contributed by atoms with Gasteiger partial charge in [-0.1, -0.05) is 0 Å². The molecule has 0 saturated heterocycles. The smallest absolute Gasteiger partial charge is 0.244 e. The number of aliphatic hydroxyl groups is 1. The maximum Gasteiger partial charge on any atom is 0.244 e. The highest BCUT2D eigenvalue weighted by molar-refractivity contribution is 5.92. The highest BCUT2D eigenvalue weighted by Crippen LogP contribution is 2.32. The number of carbonyl (C=O) groups excluding carboxylic acids is 1. The van der Waals surface area contributed by atoms with Gasteiger partial charge in [0.1, 0.15) is 0 Å². The molecule has 0 aliphatic heterocycles. The van der Waals surface area contributed by atoms with Crippen LogP contribution in [0.1, 0.15) is 29.8 Å². The van der Waals surface area contributed by atoms with Crippen LogP contribution in [0.15, 0.2) is 6.08 Å². The lowest BCUT2D eigenvalue weighted by Gasteiger charge is -2.08. The second kappa shape index (κ2) is 5.57. The van der Waals surface area contributed by atoms with Crippen molar-refractivity contribution in [3.05, 3.63) is 23.0 Å². The van der Waals surface area contributed by atoms with Crippen molar-refractivity contribution in [1.29, 1.82) is 0 Å². The van der Waals surface area contributed by atoms with Gasteiger partial charge in [-0.2, -0.15) is 5.10 Å². The summed E-state index contributed by atoms with van der Waals surface area (Å²) in [7, 11) is 1.88. The van der Waals surface area contributed by atoms with E-state index < -0.39 is 6.10 Å². The topological polar surface area (TPSA) is 67.2 Å². The number of hydrogen-bond donors (Lipinski definition) is 2. The van der Waals surface area contributed by atoms with Crippen molar-refractivity contribution in [1.82, 2.24) is 15.1 Å². The third kappa shape index (κ3) is 3.44. The van der Waals surface area contributed by atoms with Crippen LogP contribution in [0.2, 0.25) is 0 Å². The van der Waals surface area contributed by atoms with Crippen molar-refractivity contribution in [2.75, 3.05) is 6.54 Å². The fourth-order valence-corrected chi connectivity index (χ4v) is 2.10. The van der Waals surface area contributed by atoms with Gasteiger partial charge in [0.15, 0.2) is 0 Å². The van der Waals surface area contributed by atoms with E-state index in [9.17, 15) is 9.90 Å². The summed E-state index contributed by atoms with van der Waals surface area (Å²) in [6.07, 6.45) is 5.01. The number of aryl methyl sites for hydroxylation is 2. The lowest BCUT2D eigenvalue weighted by molar-refractivity contribution is -0.116. The standard InChI is InChI=1S/C14H21N3O2/c1-9-12(10(2)17(3)16-9)6-7-14(19)15-8-13(18)11-4-5-11/h6-7,11,13,18H,4-5,8H2,1-3H3,(H,15,19). The molecule has 1 aromatic rings.